The van der Waals surface area contributed by atoms with E-state index in [1.807, 2.05) is 36.4 Å². The van der Waals surface area contributed by atoms with Crippen LogP contribution in [-0.4, -0.2) is 21.1 Å². The van der Waals surface area contributed by atoms with Gasteiger partial charge in [-0.25, -0.2) is 9.97 Å². The van der Waals surface area contributed by atoms with Gasteiger partial charge in [-0.1, -0.05) is 182 Å². The molecule has 0 aliphatic heterocycles. The number of fused-ring (bicyclic) bond motifs is 2. The van der Waals surface area contributed by atoms with Crippen LogP contribution in [0.5, 0.6) is 0 Å². The molecule has 0 fully saturated rings. The maximum atomic E-state index is 5.36. The van der Waals surface area contributed by atoms with Gasteiger partial charge in [0.05, 0.1) is 33.6 Å². The van der Waals surface area contributed by atoms with Crippen LogP contribution in [0.3, 0.4) is 0 Å². The number of hydrogen-bond acceptors (Lipinski definition) is 5. The molecule has 2 heterocycles. The van der Waals surface area contributed by atoms with Crippen molar-refractivity contribution in [3.8, 4) is 50.5 Å². The van der Waals surface area contributed by atoms with Crippen molar-refractivity contribution in [2.45, 2.75) is 13.3 Å². The summed E-state index contributed by atoms with van der Waals surface area (Å²) in [5, 5.41) is 1.19. The van der Waals surface area contributed by atoms with Crippen molar-refractivity contribution in [2.24, 2.45) is 0 Å². The SMILES string of the molecule is C=CCc1cc(N(c2ccccc2)c2ccc(-c3nc4ccccc4nc3-c3ccc(N(c4ccccc4)c4ccc5c(c4)c(C)cn5-c4ccccc4-c4ccccc4)cc3)cc2)ccc1N(CC=C)c1ccccc1-c1ccccc1. The van der Waals surface area contributed by atoms with Crippen molar-refractivity contribution in [1.29, 1.82) is 0 Å². The Labute approximate surface area is 486 Å². The molecule has 13 rings (SSSR count). The first-order valence-electron chi connectivity index (χ1n) is 28.2. The number of para-hydroxylation sites is 6. The maximum Gasteiger partial charge on any atom is 0.0973 e. The third-order valence-corrected chi connectivity index (χ3v) is 15.5. The van der Waals surface area contributed by atoms with Gasteiger partial charge in [0.25, 0.3) is 0 Å². The minimum Gasteiger partial charge on any atom is -0.337 e. The summed E-state index contributed by atoms with van der Waals surface area (Å²) < 4.78 is 2.33. The summed E-state index contributed by atoms with van der Waals surface area (Å²) in [7, 11) is 0. The lowest BCUT2D eigenvalue weighted by Gasteiger charge is -2.31. The molecule has 13 aromatic rings. The topological polar surface area (TPSA) is 40.4 Å². The molecule has 6 heteroatoms. The fourth-order valence-electron chi connectivity index (χ4n) is 11.6. The van der Waals surface area contributed by atoms with E-state index < -0.39 is 0 Å². The van der Waals surface area contributed by atoms with Crippen molar-refractivity contribution < 1.29 is 0 Å². The first-order chi connectivity index (χ1) is 41.0. The van der Waals surface area contributed by atoms with Crippen LogP contribution in [0.1, 0.15) is 11.1 Å². The summed E-state index contributed by atoms with van der Waals surface area (Å²) in [4.78, 5) is 17.7. The zero-order chi connectivity index (χ0) is 56.1. The van der Waals surface area contributed by atoms with E-state index in [4.69, 9.17) is 9.97 Å². The smallest absolute Gasteiger partial charge is 0.0973 e. The molecule has 2 aromatic heterocycles. The fraction of sp³-hybridized carbons (Fsp3) is 0.0390. The number of anilines is 8. The number of rotatable bonds is 17. The van der Waals surface area contributed by atoms with E-state index in [-0.39, 0.29) is 0 Å². The van der Waals surface area contributed by atoms with Gasteiger partial charge < -0.3 is 19.3 Å². The third-order valence-electron chi connectivity index (χ3n) is 15.5. The van der Waals surface area contributed by atoms with Gasteiger partial charge in [-0.15, -0.1) is 13.2 Å². The Balaban J connectivity index is 0.856. The Kier molecular flexibility index (Phi) is 14.4. The summed E-state index contributed by atoms with van der Waals surface area (Å²) in [6, 6.07) is 98.9. The van der Waals surface area contributed by atoms with Crippen molar-refractivity contribution >= 4 is 67.4 Å². The summed E-state index contributed by atoms with van der Waals surface area (Å²) in [5.74, 6) is 0. The Bertz CT molecular complexity index is 4420. The van der Waals surface area contributed by atoms with Gasteiger partial charge in [-0.05, 0) is 145 Å². The number of benzene rings is 11. The lowest BCUT2D eigenvalue weighted by atomic mass is 10.0. The second-order valence-corrected chi connectivity index (χ2v) is 20.7. The number of aromatic nitrogens is 3. The van der Waals surface area contributed by atoms with Gasteiger partial charge in [-0.3, -0.25) is 0 Å². The van der Waals surface area contributed by atoms with Crippen LogP contribution in [0.15, 0.2) is 311 Å². The van der Waals surface area contributed by atoms with Gasteiger partial charge in [0.15, 0.2) is 0 Å². The van der Waals surface area contributed by atoms with Crippen molar-refractivity contribution in [3.63, 3.8) is 0 Å². The number of hydrogen-bond donors (Lipinski definition) is 0. The molecular formula is C77H60N6. The van der Waals surface area contributed by atoms with Crippen molar-refractivity contribution in [1.82, 2.24) is 14.5 Å². The van der Waals surface area contributed by atoms with E-state index in [1.54, 1.807) is 0 Å². The molecule has 0 radical (unpaired) electrons. The van der Waals surface area contributed by atoms with Gasteiger partial charge in [0.2, 0.25) is 0 Å². The van der Waals surface area contributed by atoms with Crippen LogP contribution in [0, 0.1) is 6.92 Å². The van der Waals surface area contributed by atoms with Crippen LogP contribution < -0.4 is 14.7 Å². The Morgan fingerprint density at radius 1 is 0.398 bits per heavy atom. The average Bonchev–Trinajstić information content (AvgIpc) is 4.17. The summed E-state index contributed by atoms with van der Waals surface area (Å²) in [5.41, 5.74) is 23.1. The van der Waals surface area contributed by atoms with Gasteiger partial charge in [0.1, 0.15) is 0 Å². The molecule has 0 N–H and O–H groups in total. The molecule has 0 saturated carbocycles. The lowest BCUT2D eigenvalue weighted by molar-refractivity contribution is 1.07. The van der Waals surface area contributed by atoms with Crippen LogP contribution in [0.2, 0.25) is 0 Å². The molecule has 83 heavy (non-hydrogen) atoms. The molecule has 0 aliphatic carbocycles. The van der Waals surface area contributed by atoms with E-state index in [1.165, 1.54) is 22.1 Å². The minimum atomic E-state index is 0.631. The van der Waals surface area contributed by atoms with Crippen molar-refractivity contribution in [3.05, 3.63) is 322 Å². The zero-order valence-corrected chi connectivity index (χ0v) is 46.3. The molecule has 6 nitrogen and oxygen atoms in total. The Morgan fingerprint density at radius 2 is 0.855 bits per heavy atom. The van der Waals surface area contributed by atoms with E-state index in [0.717, 1.165) is 107 Å². The number of nitrogens with zero attached hydrogens (tertiary/aromatic N) is 6. The molecule has 0 spiro atoms. The zero-order valence-electron chi connectivity index (χ0n) is 46.3. The highest BCUT2D eigenvalue weighted by atomic mass is 15.2. The molecular weight excluding hydrogens is 1010 g/mol. The maximum absolute atomic E-state index is 5.36. The lowest BCUT2D eigenvalue weighted by Crippen LogP contribution is -2.20. The highest BCUT2D eigenvalue weighted by Crippen LogP contribution is 2.44. The molecule has 11 aromatic carbocycles. The Morgan fingerprint density at radius 3 is 1.42 bits per heavy atom. The number of allylic oxidation sites excluding steroid dienone is 1. The van der Waals surface area contributed by atoms with E-state index in [9.17, 15) is 0 Å². The van der Waals surface area contributed by atoms with Crippen LogP contribution >= 0.6 is 0 Å². The molecule has 0 amide bonds. The highest BCUT2D eigenvalue weighted by Gasteiger charge is 2.22. The molecule has 0 saturated heterocycles. The van der Waals surface area contributed by atoms with E-state index >= 15 is 0 Å². The highest BCUT2D eigenvalue weighted by molar-refractivity contribution is 5.94. The van der Waals surface area contributed by atoms with Crippen LogP contribution in [0.4, 0.5) is 45.5 Å². The summed E-state index contributed by atoms with van der Waals surface area (Å²) in [6.07, 6.45) is 6.90. The average molecular weight is 1070 g/mol. The minimum absolute atomic E-state index is 0.631. The molecule has 0 atom stereocenters. The van der Waals surface area contributed by atoms with Crippen LogP contribution in [0.25, 0.3) is 72.4 Å². The quantitative estimate of drug-likeness (QED) is 0.0850. The summed E-state index contributed by atoms with van der Waals surface area (Å²) in [6.45, 7) is 11.2. The Hall–Kier alpha value is -10.8. The molecule has 0 bridgehead atoms. The van der Waals surface area contributed by atoms with Gasteiger partial charge in [-0.2, -0.15) is 0 Å². The first-order valence-corrected chi connectivity index (χ1v) is 28.2. The van der Waals surface area contributed by atoms with E-state index in [0.29, 0.717) is 13.0 Å². The number of aryl methyl sites for hydroxylation is 1. The predicted octanol–water partition coefficient (Wildman–Crippen LogP) is 20.5. The largest absolute Gasteiger partial charge is 0.337 e. The van der Waals surface area contributed by atoms with Gasteiger partial charge in [0, 0.05) is 85.9 Å². The van der Waals surface area contributed by atoms with Gasteiger partial charge >= 0.3 is 0 Å². The van der Waals surface area contributed by atoms with E-state index in [2.05, 4.69) is 300 Å². The molecule has 398 valence electrons. The standard InChI is InChI=1S/C77H60N6/c1-4-24-60-52-65(47-49-72(60)80(51-5-2)73-37-22-18-33-67(73)56-25-10-6-11-26-56)82(61-29-14-8-15-30-61)63-43-39-58(40-44-63)76-77(79-71-36-21-20-35-70(71)78-76)59-41-45-64(46-42-59)83(62-31-16-9-17-32-62)66-48-50-75-69(53-66)55(3)54-81(75)74-38-23-19-34-68(74)57-27-12-7-13-28-57/h4-23,25-50,52-54H,1-2,24,51H2,3H3. The second-order valence-electron chi connectivity index (χ2n) is 20.7. The fourth-order valence-corrected chi connectivity index (χ4v) is 11.6. The monoisotopic (exact) mass is 1070 g/mol. The normalized spacial score (nSPS) is 11.1. The third kappa shape index (κ3) is 10.3. The first kappa shape index (κ1) is 51.6. The van der Waals surface area contributed by atoms with Crippen molar-refractivity contribution in [2.75, 3.05) is 21.2 Å². The second kappa shape index (κ2) is 23.1. The van der Waals surface area contributed by atoms with Crippen LogP contribution in [-0.2, 0) is 6.42 Å². The molecule has 0 unspecified atom stereocenters. The summed E-state index contributed by atoms with van der Waals surface area (Å²) >= 11 is 0. The predicted molar refractivity (Wildman–Crippen MR) is 350 cm³/mol. The molecule has 0 aliphatic rings.